The Balaban J connectivity index is 2.17. The molecule has 0 aliphatic carbocycles. The van der Waals surface area contributed by atoms with Crippen LogP contribution in [0.5, 0.6) is 0 Å². The van der Waals surface area contributed by atoms with Crippen molar-refractivity contribution in [1.82, 2.24) is 4.98 Å². The van der Waals surface area contributed by atoms with Gasteiger partial charge < -0.3 is 4.90 Å². The van der Waals surface area contributed by atoms with Gasteiger partial charge in [0.15, 0.2) is 0 Å². The molecule has 11 heavy (non-hydrogen) atoms. The first-order valence-corrected chi connectivity index (χ1v) is 4.05. The van der Waals surface area contributed by atoms with Crippen molar-refractivity contribution >= 4 is 5.82 Å². The van der Waals surface area contributed by atoms with Gasteiger partial charge in [-0.3, -0.25) is 0 Å². The van der Waals surface area contributed by atoms with Gasteiger partial charge in [0.25, 0.3) is 0 Å². The molecule has 0 saturated carbocycles. The van der Waals surface area contributed by atoms with Crippen molar-refractivity contribution in [2.24, 2.45) is 0 Å². The molecule has 0 amide bonds. The van der Waals surface area contributed by atoms with Gasteiger partial charge in [-0.2, -0.15) is 0 Å². The summed E-state index contributed by atoms with van der Waals surface area (Å²) in [6.07, 6.45) is 3.15. The molecule has 2 rings (SSSR count). The van der Waals surface area contributed by atoms with Gasteiger partial charge in [0.05, 0.1) is 0 Å². The van der Waals surface area contributed by atoms with E-state index in [1.807, 2.05) is 18.3 Å². The lowest BCUT2D eigenvalue weighted by Gasteiger charge is -2.39. The van der Waals surface area contributed by atoms with Crippen LogP contribution in [0.15, 0.2) is 24.4 Å². The molecule has 1 aromatic rings. The van der Waals surface area contributed by atoms with Crippen molar-refractivity contribution in [2.75, 3.05) is 11.4 Å². The van der Waals surface area contributed by atoms with Crippen LogP contribution in [-0.4, -0.2) is 17.6 Å². The number of aromatic nitrogens is 1. The van der Waals surface area contributed by atoms with Crippen molar-refractivity contribution in [3.63, 3.8) is 0 Å². The second-order valence-electron chi connectivity index (χ2n) is 3.02. The van der Waals surface area contributed by atoms with E-state index in [2.05, 4.69) is 22.9 Å². The van der Waals surface area contributed by atoms with Crippen LogP contribution in [0.3, 0.4) is 0 Å². The van der Waals surface area contributed by atoms with E-state index in [1.165, 1.54) is 6.42 Å². The van der Waals surface area contributed by atoms with Crippen LogP contribution in [0.1, 0.15) is 13.3 Å². The summed E-state index contributed by atoms with van der Waals surface area (Å²) < 4.78 is 0. The molecule has 0 spiro atoms. The minimum absolute atomic E-state index is 0.685. The highest BCUT2D eigenvalue weighted by Gasteiger charge is 2.23. The van der Waals surface area contributed by atoms with Gasteiger partial charge in [0.2, 0.25) is 0 Å². The molecule has 0 N–H and O–H groups in total. The molecule has 0 bridgehead atoms. The van der Waals surface area contributed by atoms with Crippen LogP contribution >= 0.6 is 0 Å². The number of hydrogen-bond donors (Lipinski definition) is 0. The monoisotopic (exact) mass is 148 g/mol. The van der Waals surface area contributed by atoms with E-state index < -0.39 is 0 Å². The third kappa shape index (κ3) is 1.09. The Kier molecular flexibility index (Phi) is 1.53. The zero-order valence-corrected chi connectivity index (χ0v) is 6.70. The number of anilines is 1. The molecule has 0 unspecified atom stereocenters. The van der Waals surface area contributed by atoms with Crippen LogP contribution in [-0.2, 0) is 0 Å². The molecule has 58 valence electrons. The van der Waals surface area contributed by atoms with Gasteiger partial charge in [-0.15, -0.1) is 0 Å². The van der Waals surface area contributed by atoms with Crippen molar-refractivity contribution < 1.29 is 0 Å². The van der Waals surface area contributed by atoms with E-state index in [0.29, 0.717) is 6.04 Å². The zero-order chi connectivity index (χ0) is 7.68. The van der Waals surface area contributed by atoms with E-state index >= 15 is 0 Å². The van der Waals surface area contributed by atoms with Crippen molar-refractivity contribution in [2.45, 2.75) is 19.4 Å². The first kappa shape index (κ1) is 6.65. The maximum absolute atomic E-state index is 4.28. The molecule has 1 aliphatic rings. The average Bonchev–Trinajstić information content (AvgIpc) is 2.04. The maximum atomic E-state index is 4.28. The molecule has 1 aliphatic heterocycles. The summed E-state index contributed by atoms with van der Waals surface area (Å²) in [5.74, 6) is 1.12. The van der Waals surface area contributed by atoms with Crippen LogP contribution in [0.25, 0.3) is 0 Å². The van der Waals surface area contributed by atoms with Gasteiger partial charge in [-0.25, -0.2) is 4.98 Å². The second-order valence-corrected chi connectivity index (χ2v) is 3.02. The standard InChI is InChI=1S/C9H12N2/c1-8-5-7-11(8)9-4-2-3-6-10-9/h2-4,6,8H,5,7H2,1H3/t8-/m0/s1. The van der Waals surface area contributed by atoms with E-state index in [9.17, 15) is 0 Å². The Bertz CT molecular complexity index is 233. The summed E-state index contributed by atoms with van der Waals surface area (Å²) in [7, 11) is 0. The predicted molar refractivity (Wildman–Crippen MR) is 45.7 cm³/mol. The molecule has 0 radical (unpaired) electrons. The molecule has 1 aromatic heterocycles. The average molecular weight is 148 g/mol. The number of pyridine rings is 1. The largest absolute Gasteiger partial charge is 0.354 e. The molecule has 0 aromatic carbocycles. The summed E-state index contributed by atoms with van der Waals surface area (Å²) in [4.78, 5) is 6.60. The Labute approximate surface area is 66.9 Å². The van der Waals surface area contributed by atoms with Crippen molar-refractivity contribution in [3.8, 4) is 0 Å². The summed E-state index contributed by atoms with van der Waals surface area (Å²) in [6, 6.07) is 6.74. The van der Waals surface area contributed by atoms with E-state index in [1.54, 1.807) is 0 Å². The number of hydrogen-bond acceptors (Lipinski definition) is 2. The Hall–Kier alpha value is -1.05. The number of nitrogens with zero attached hydrogens (tertiary/aromatic N) is 2. The van der Waals surface area contributed by atoms with E-state index in [-0.39, 0.29) is 0 Å². The molecular weight excluding hydrogens is 136 g/mol. The van der Waals surface area contributed by atoms with Crippen LogP contribution in [0.4, 0.5) is 5.82 Å². The topological polar surface area (TPSA) is 16.1 Å². The van der Waals surface area contributed by atoms with Gasteiger partial charge in [-0.05, 0) is 25.5 Å². The lowest BCUT2D eigenvalue weighted by Crippen LogP contribution is -2.46. The highest BCUT2D eigenvalue weighted by atomic mass is 15.2. The summed E-state index contributed by atoms with van der Waals surface area (Å²) in [5, 5.41) is 0. The van der Waals surface area contributed by atoms with Crippen LogP contribution < -0.4 is 4.90 Å². The predicted octanol–water partition coefficient (Wildman–Crippen LogP) is 1.68. The van der Waals surface area contributed by atoms with Gasteiger partial charge in [0.1, 0.15) is 5.82 Å². The molecule has 2 heteroatoms. The maximum Gasteiger partial charge on any atom is 0.128 e. The minimum atomic E-state index is 0.685. The van der Waals surface area contributed by atoms with Crippen LogP contribution in [0, 0.1) is 0 Å². The van der Waals surface area contributed by atoms with E-state index in [0.717, 1.165) is 12.4 Å². The first-order chi connectivity index (χ1) is 5.38. The highest BCUT2D eigenvalue weighted by molar-refractivity contribution is 5.41. The fourth-order valence-electron chi connectivity index (χ4n) is 1.38. The summed E-state index contributed by atoms with van der Waals surface area (Å²) in [5.41, 5.74) is 0. The summed E-state index contributed by atoms with van der Waals surface area (Å²) in [6.45, 7) is 3.40. The lowest BCUT2D eigenvalue weighted by atomic mass is 10.1. The molecule has 1 saturated heterocycles. The fourth-order valence-corrected chi connectivity index (χ4v) is 1.38. The Morgan fingerprint density at radius 3 is 2.91 bits per heavy atom. The van der Waals surface area contributed by atoms with Crippen molar-refractivity contribution in [1.29, 1.82) is 0 Å². The SMILES string of the molecule is C[C@H]1CCN1c1ccccn1. The number of rotatable bonds is 1. The fraction of sp³-hybridized carbons (Fsp3) is 0.444. The van der Waals surface area contributed by atoms with E-state index in [4.69, 9.17) is 0 Å². The highest BCUT2D eigenvalue weighted by Crippen LogP contribution is 2.22. The Morgan fingerprint density at radius 1 is 1.55 bits per heavy atom. The first-order valence-electron chi connectivity index (χ1n) is 4.05. The second kappa shape index (κ2) is 2.53. The smallest absolute Gasteiger partial charge is 0.128 e. The minimum Gasteiger partial charge on any atom is -0.354 e. The normalized spacial score (nSPS) is 23.0. The third-order valence-corrected chi connectivity index (χ3v) is 2.26. The van der Waals surface area contributed by atoms with Crippen molar-refractivity contribution in [3.05, 3.63) is 24.4 Å². The molecule has 2 nitrogen and oxygen atoms in total. The lowest BCUT2D eigenvalue weighted by molar-refractivity contribution is 0.476. The third-order valence-electron chi connectivity index (χ3n) is 2.26. The van der Waals surface area contributed by atoms with Crippen LogP contribution in [0.2, 0.25) is 0 Å². The molecule has 1 atom stereocenters. The summed E-state index contributed by atoms with van der Waals surface area (Å²) >= 11 is 0. The zero-order valence-electron chi connectivity index (χ0n) is 6.70. The Morgan fingerprint density at radius 2 is 2.45 bits per heavy atom. The van der Waals surface area contributed by atoms with Gasteiger partial charge in [0, 0.05) is 18.8 Å². The molecule has 1 fully saturated rings. The quantitative estimate of drug-likeness (QED) is 0.602. The van der Waals surface area contributed by atoms with Gasteiger partial charge >= 0.3 is 0 Å². The van der Waals surface area contributed by atoms with Gasteiger partial charge in [-0.1, -0.05) is 6.07 Å². The molecular formula is C9H12N2. The molecule has 2 heterocycles.